The molecule has 0 spiro atoms. The third-order valence-electron chi connectivity index (χ3n) is 3.59. The minimum atomic E-state index is -4.64. The van der Waals surface area contributed by atoms with Crippen LogP contribution in [0.5, 0.6) is 0 Å². The summed E-state index contributed by atoms with van der Waals surface area (Å²) in [7, 11) is -4.64. The zero-order valence-electron chi connectivity index (χ0n) is 14.3. The highest BCUT2D eigenvalue weighted by Crippen LogP contribution is 2.12. The zero-order valence-corrected chi connectivity index (χ0v) is 15.1. The Morgan fingerprint density at radius 1 is 0.957 bits per heavy atom. The van der Waals surface area contributed by atoms with Crippen LogP contribution in [-0.4, -0.2) is 36.6 Å². The number of carbonyl (C=O) groups excluding carboxylic acids is 2. The molecule has 7 heteroatoms. The van der Waals surface area contributed by atoms with E-state index in [4.69, 9.17) is 9.29 Å². The summed E-state index contributed by atoms with van der Waals surface area (Å²) in [4.78, 5) is 23.6. The van der Waals surface area contributed by atoms with Crippen molar-refractivity contribution in [3.63, 3.8) is 0 Å². The molecule has 0 heterocycles. The fourth-order valence-corrected chi connectivity index (χ4v) is 2.87. The number of esters is 1. The van der Waals surface area contributed by atoms with Gasteiger partial charge in [0.15, 0.2) is 5.25 Å². The Morgan fingerprint density at radius 2 is 1.52 bits per heavy atom. The fraction of sp³-hybridized carbons (Fsp3) is 0.875. The highest BCUT2D eigenvalue weighted by molar-refractivity contribution is 7.87. The number of ether oxygens (including phenoxy) is 1. The average Bonchev–Trinajstić information content (AvgIpc) is 2.47. The first-order chi connectivity index (χ1) is 10.8. The van der Waals surface area contributed by atoms with Crippen LogP contribution in [0.15, 0.2) is 0 Å². The molecule has 0 aromatic heterocycles. The van der Waals surface area contributed by atoms with Gasteiger partial charge in [0.25, 0.3) is 10.1 Å². The van der Waals surface area contributed by atoms with Gasteiger partial charge in [0.2, 0.25) is 0 Å². The van der Waals surface area contributed by atoms with Gasteiger partial charge in [-0.3, -0.25) is 14.1 Å². The molecule has 0 aromatic carbocycles. The van der Waals surface area contributed by atoms with Crippen molar-refractivity contribution in [3.05, 3.63) is 0 Å². The van der Waals surface area contributed by atoms with E-state index in [1.807, 2.05) is 13.8 Å². The van der Waals surface area contributed by atoms with E-state index in [1.165, 1.54) is 0 Å². The zero-order chi connectivity index (χ0) is 17.7. The Morgan fingerprint density at radius 3 is 2.04 bits per heavy atom. The van der Waals surface area contributed by atoms with Gasteiger partial charge in [-0.2, -0.15) is 8.42 Å². The molecule has 23 heavy (non-hydrogen) atoms. The summed E-state index contributed by atoms with van der Waals surface area (Å²) in [5.41, 5.74) is 0. The number of ketones is 1. The van der Waals surface area contributed by atoms with Crippen LogP contribution in [0.2, 0.25) is 0 Å². The molecule has 0 amide bonds. The lowest BCUT2D eigenvalue weighted by atomic mass is 10.1. The normalized spacial score (nSPS) is 12.8. The van der Waals surface area contributed by atoms with Crippen LogP contribution >= 0.6 is 0 Å². The predicted molar refractivity (Wildman–Crippen MR) is 88.8 cm³/mol. The van der Waals surface area contributed by atoms with Crippen molar-refractivity contribution in [2.45, 2.75) is 83.3 Å². The van der Waals surface area contributed by atoms with E-state index in [0.717, 1.165) is 38.5 Å². The largest absolute Gasteiger partial charge is 0.465 e. The molecule has 136 valence electrons. The lowest BCUT2D eigenvalue weighted by Crippen LogP contribution is -2.34. The van der Waals surface area contributed by atoms with Crippen LogP contribution < -0.4 is 0 Å². The SMILES string of the molecule is CCCCCCOC(=O)C(CC(=O)CCCCCC)S(=O)(=O)O. The molecule has 1 N–H and O–H groups in total. The van der Waals surface area contributed by atoms with Crippen molar-refractivity contribution in [1.82, 2.24) is 0 Å². The van der Waals surface area contributed by atoms with E-state index in [-0.39, 0.29) is 18.8 Å². The maximum absolute atomic E-state index is 11.8. The van der Waals surface area contributed by atoms with Crippen molar-refractivity contribution in [3.8, 4) is 0 Å². The van der Waals surface area contributed by atoms with Gasteiger partial charge in [-0.05, 0) is 12.8 Å². The number of carbonyl (C=O) groups is 2. The molecule has 0 fully saturated rings. The minimum absolute atomic E-state index is 0.107. The van der Waals surface area contributed by atoms with Gasteiger partial charge in [0, 0.05) is 12.8 Å². The van der Waals surface area contributed by atoms with Crippen LogP contribution in [0.1, 0.15) is 78.1 Å². The first-order valence-corrected chi connectivity index (χ1v) is 9.97. The smallest absolute Gasteiger partial charge is 0.327 e. The second-order valence-electron chi connectivity index (χ2n) is 5.79. The molecule has 0 aliphatic heterocycles. The standard InChI is InChI=1S/C16H30O6S/c1-3-5-7-9-11-14(17)13-15(23(19,20)21)16(18)22-12-10-8-6-4-2/h15H,3-13H2,1-2H3,(H,19,20,21). The van der Waals surface area contributed by atoms with Gasteiger partial charge >= 0.3 is 5.97 Å². The molecule has 6 nitrogen and oxygen atoms in total. The summed E-state index contributed by atoms with van der Waals surface area (Å²) >= 11 is 0. The van der Waals surface area contributed by atoms with Crippen LogP contribution in [0.25, 0.3) is 0 Å². The third-order valence-corrected chi connectivity index (χ3v) is 4.67. The van der Waals surface area contributed by atoms with Crippen molar-refractivity contribution in [2.75, 3.05) is 6.61 Å². The predicted octanol–water partition coefficient (Wildman–Crippen LogP) is 3.30. The van der Waals surface area contributed by atoms with Crippen LogP contribution in [-0.2, 0) is 24.4 Å². The molecule has 0 radical (unpaired) electrons. The van der Waals surface area contributed by atoms with Crippen LogP contribution in [0.3, 0.4) is 0 Å². The minimum Gasteiger partial charge on any atom is -0.465 e. The Kier molecular flexibility index (Phi) is 12.0. The maximum atomic E-state index is 11.8. The molecule has 1 atom stereocenters. The molecular weight excluding hydrogens is 320 g/mol. The Labute approximate surface area is 139 Å². The third kappa shape index (κ3) is 11.3. The number of unbranched alkanes of at least 4 members (excludes halogenated alkanes) is 6. The van der Waals surface area contributed by atoms with E-state index in [0.29, 0.717) is 12.8 Å². The second-order valence-corrected chi connectivity index (χ2v) is 7.38. The molecular formula is C16H30O6S. The first-order valence-electron chi connectivity index (χ1n) is 8.47. The first kappa shape index (κ1) is 22.1. The highest BCUT2D eigenvalue weighted by atomic mass is 32.2. The quantitative estimate of drug-likeness (QED) is 0.293. The van der Waals surface area contributed by atoms with Crippen molar-refractivity contribution >= 4 is 21.9 Å². The Balaban J connectivity index is 4.36. The van der Waals surface area contributed by atoms with E-state index in [2.05, 4.69) is 0 Å². The average molecular weight is 350 g/mol. The molecule has 0 bridgehead atoms. The van der Waals surface area contributed by atoms with E-state index in [1.54, 1.807) is 0 Å². The van der Waals surface area contributed by atoms with Gasteiger partial charge in [-0.25, -0.2) is 0 Å². The summed E-state index contributed by atoms with van der Waals surface area (Å²) in [5.74, 6) is -1.38. The Bertz CT molecular complexity index is 443. The number of rotatable bonds is 14. The number of Topliss-reactive ketones (excluding diaryl/α,β-unsaturated/α-hetero) is 1. The monoisotopic (exact) mass is 350 g/mol. The lowest BCUT2D eigenvalue weighted by Gasteiger charge is -2.13. The molecule has 0 saturated heterocycles. The van der Waals surface area contributed by atoms with E-state index in [9.17, 15) is 18.0 Å². The van der Waals surface area contributed by atoms with Gasteiger partial charge in [0.1, 0.15) is 5.78 Å². The highest BCUT2D eigenvalue weighted by Gasteiger charge is 2.34. The molecule has 0 aromatic rings. The molecule has 0 rings (SSSR count). The summed E-state index contributed by atoms with van der Waals surface area (Å²) in [6.07, 6.45) is 6.87. The topological polar surface area (TPSA) is 97.7 Å². The van der Waals surface area contributed by atoms with Crippen molar-refractivity contribution < 1.29 is 27.3 Å². The lowest BCUT2D eigenvalue weighted by molar-refractivity contribution is -0.144. The summed E-state index contributed by atoms with van der Waals surface area (Å²) in [6, 6.07) is 0. The van der Waals surface area contributed by atoms with Gasteiger partial charge < -0.3 is 4.74 Å². The number of hydrogen-bond donors (Lipinski definition) is 1. The van der Waals surface area contributed by atoms with E-state index >= 15 is 0 Å². The molecule has 0 saturated carbocycles. The molecule has 0 aliphatic carbocycles. The summed E-state index contributed by atoms with van der Waals surface area (Å²) in [5, 5.41) is -1.80. The van der Waals surface area contributed by atoms with Gasteiger partial charge in [0.05, 0.1) is 6.61 Å². The van der Waals surface area contributed by atoms with Gasteiger partial charge in [-0.1, -0.05) is 52.4 Å². The summed E-state index contributed by atoms with van der Waals surface area (Å²) < 4.78 is 36.7. The maximum Gasteiger partial charge on any atom is 0.327 e. The van der Waals surface area contributed by atoms with E-state index < -0.39 is 27.8 Å². The van der Waals surface area contributed by atoms with Crippen molar-refractivity contribution in [1.29, 1.82) is 0 Å². The van der Waals surface area contributed by atoms with Crippen LogP contribution in [0.4, 0.5) is 0 Å². The number of hydrogen-bond acceptors (Lipinski definition) is 5. The molecule has 1 unspecified atom stereocenters. The molecule has 0 aliphatic rings. The Hall–Kier alpha value is -0.950. The summed E-state index contributed by atoms with van der Waals surface area (Å²) in [6.45, 7) is 4.20. The van der Waals surface area contributed by atoms with Crippen LogP contribution in [0, 0.1) is 0 Å². The van der Waals surface area contributed by atoms with Gasteiger partial charge in [-0.15, -0.1) is 0 Å². The second kappa shape index (κ2) is 12.5. The fourth-order valence-electron chi connectivity index (χ4n) is 2.16. The van der Waals surface area contributed by atoms with Crippen molar-refractivity contribution in [2.24, 2.45) is 0 Å².